The highest BCUT2D eigenvalue weighted by molar-refractivity contribution is 7.16. The number of hydrogen-bond donors (Lipinski definition) is 1. The smallest absolute Gasteiger partial charge is 0.103 e. The number of aliphatic hydroxyl groups is 1. The van der Waals surface area contributed by atoms with Gasteiger partial charge in [-0.2, -0.15) is 5.10 Å². The van der Waals surface area contributed by atoms with Crippen LogP contribution in [0, 0.1) is 0 Å². The lowest BCUT2D eigenvalue weighted by molar-refractivity contribution is 0.174. The van der Waals surface area contributed by atoms with E-state index >= 15 is 0 Å². The average molecular weight is 305 g/mol. The fourth-order valence-electron chi connectivity index (χ4n) is 2.00. The maximum Gasteiger partial charge on any atom is 0.103 e. The predicted molar refractivity (Wildman–Crippen MR) is 81.6 cm³/mol. The Morgan fingerprint density at radius 1 is 1.15 bits per heavy atom. The van der Waals surface area contributed by atoms with Crippen molar-refractivity contribution in [3.8, 4) is 5.69 Å². The van der Waals surface area contributed by atoms with E-state index in [0.717, 1.165) is 14.9 Å². The standard InChI is InChI=1S/C15H13ClN2OS/c16-15-7-6-12(20-15)10-14(19)13-8-9-18(17-13)11-4-2-1-3-5-11/h1-9,14,19H,10H2. The zero-order chi connectivity index (χ0) is 13.9. The molecule has 5 heteroatoms. The summed E-state index contributed by atoms with van der Waals surface area (Å²) < 4.78 is 2.50. The summed E-state index contributed by atoms with van der Waals surface area (Å²) in [5.74, 6) is 0. The molecule has 0 amide bonds. The Morgan fingerprint density at radius 2 is 1.95 bits per heavy atom. The minimum absolute atomic E-state index is 0.531. The van der Waals surface area contributed by atoms with Crippen LogP contribution < -0.4 is 0 Å². The van der Waals surface area contributed by atoms with Crippen LogP contribution in [0.1, 0.15) is 16.7 Å². The van der Waals surface area contributed by atoms with Gasteiger partial charge in [0, 0.05) is 17.5 Å². The van der Waals surface area contributed by atoms with Crippen LogP contribution in [-0.2, 0) is 6.42 Å². The molecular weight excluding hydrogens is 292 g/mol. The maximum absolute atomic E-state index is 10.2. The first kappa shape index (κ1) is 13.4. The summed E-state index contributed by atoms with van der Waals surface area (Å²) in [6.07, 6.45) is 1.77. The summed E-state index contributed by atoms with van der Waals surface area (Å²) in [4.78, 5) is 1.05. The van der Waals surface area contributed by atoms with Crippen molar-refractivity contribution in [1.29, 1.82) is 0 Å². The molecule has 0 aliphatic carbocycles. The molecule has 0 saturated heterocycles. The first-order valence-corrected chi connectivity index (χ1v) is 7.45. The van der Waals surface area contributed by atoms with E-state index in [-0.39, 0.29) is 0 Å². The van der Waals surface area contributed by atoms with Gasteiger partial charge in [-0.05, 0) is 30.3 Å². The Kier molecular flexibility index (Phi) is 3.87. The Bertz CT molecular complexity index is 693. The summed E-state index contributed by atoms with van der Waals surface area (Å²) in [5, 5.41) is 14.7. The van der Waals surface area contributed by atoms with Gasteiger partial charge in [0.05, 0.1) is 15.7 Å². The van der Waals surface area contributed by atoms with E-state index < -0.39 is 6.10 Å². The van der Waals surface area contributed by atoms with Crippen LogP contribution in [0.3, 0.4) is 0 Å². The number of aliphatic hydroxyl groups excluding tert-OH is 1. The second-order valence-electron chi connectivity index (χ2n) is 4.45. The third-order valence-electron chi connectivity index (χ3n) is 3.00. The van der Waals surface area contributed by atoms with Crippen LogP contribution in [0.25, 0.3) is 5.69 Å². The molecule has 2 aromatic heterocycles. The van der Waals surface area contributed by atoms with Crippen LogP contribution in [-0.4, -0.2) is 14.9 Å². The van der Waals surface area contributed by atoms with Gasteiger partial charge in [-0.3, -0.25) is 0 Å². The Balaban J connectivity index is 1.76. The Labute approximate surface area is 126 Å². The molecule has 0 radical (unpaired) electrons. The van der Waals surface area contributed by atoms with E-state index in [1.165, 1.54) is 11.3 Å². The number of para-hydroxylation sites is 1. The van der Waals surface area contributed by atoms with Gasteiger partial charge in [0.2, 0.25) is 0 Å². The first-order chi connectivity index (χ1) is 9.72. The molecule has 1 N–H and O–H groups in total. The van der Waals surface area contributed by atoms with E-state index in [0.29, 0.717) is 12.1 Å². The quantitative estimate of drug-likeness (QED) is 0.794. The molecule has 0 aliphatic heterocycles. The van der Waals surface area contributed by atoms with Crippen molar-refractivity contribution in [2.24, 2.45) is 0 Å². The normalized spacial score (nSPS) is 12.5. The molecule has 0 saturated carbocycles. The van der Waals surface area contributed by atoms with Crippen LogP contribution >= 0.6 is 22.9 Å². The van der Waals surface area contributed by atoms with Crippen molar-refractivity contribution in [1.82, 2.24) is 9.78 Å². The average Bonchev–Trinajstić information content (AvgIpc) is 3.09. The number of halogens is 1. The Morgan fingerprint density at radius 3 is 2.65 bits per heavy atom. The summed E-state index contributed by atoms with van der Waals surface area (Å²) in [7, 11) is 0. The lowest BCUT2D eigenvalue weighted by Crippen LogP contribution is -2.03. The third-order valence-corrected chi connectivity index (χ3v) is 4.25. The van der Waals surface area contributed by atoms with E-state index in [2.05, 4.69) is 5.10 Å². The van der Waals surface area contributed by atoms with Crippen LogP contribution in [0.4, 0.5) is 0 Å². The van der Waals surface area contributed by atoms with E-state index in [9.17, 15) is 5.11 Å². The third kappa shape index (κ3) is 2.93. The number of benzene rings is 1. The van der Waals surface area contributed by atoms with Crippen molar-refractivity contribution in [3.05, 3.63) is 69.6 Å². The fraction of sp³-hybridized carbons (Fsp3) is 0.133. The van der Waals surface area contributed by atoms with Crippen LogP contribution in [0.2, 0.25) is 4.34 Å². The second-order valence-corrected chi connectivity index (χ2v) is 6.25. The van der Waals surface area contributed by atoms with Crippen molar-refractivity contribution >= 4 is 22.9 Å². The van der Waals surface area contributed by atoms with Crippen molar-refractivity contribution in [2.45, 2.75) is 12.5 Å². The van der Waals surface area contributed by atoms with Gasteiger partial charge >= 0.3 is 0 Å². The number of rotatable bonds is 4. The molecule has 1 aromatic carbocycles. The van der Waals surface area contributed by atoms with E-state index in [1.54, 1.807) is 4.68 Å². The lowest BCUT2D eigenvalue weighted by atomic mass is 10.2. The minimum atomic E-state index is -0.616. The van der Waals surface area contributed by atoms with Gasteiger partial charge in [-0.1, -0.05) is 29.8 Å². The molecule has 102 valence electrons. The highest BCUT2D eigenvalue weighted by Gasteiger charge is 2.13. The van der Waals surface area contributed by atoms with Gasteiger partial charge in [0.25, 0.3) is 0 Å². The lowest BCUT2D eigenvalue weighted by Gasteiger charge is -2.06. The van der Waals surface area contributed by atoms with E-state index in [1.807, 2.05) is 54.7 Å². The highest BCUT2D eigenvalue weighted by atomic mass is 35.5. The zero-order valence-corrected chi connectivity index (χ0v) is 12.2. The monoisotopic (exact) mass is 304 g/mol. The summed E-state index contributed by atoms with van der Waals surface area (Å²) in [6.45, 7) is 0. The highest BCUT2D eigenvalue weighted by Crippen LogP contribution is 2.26. The second kappa shape index (κ2) is 5.79. The van der Waals surface area contributed by atoms with Crippen molar-refractivity contribution in [3.63, 3.8) is 0 Å². The maximum atomic E-state index is 10.2. The molecule has 0 fully saturated rings. The number of hydrogen-bond acceptors (Lipinski definition) is 3. The van der Waals surface area contributed by atoms with Crippen LogP contribution in [0.5, 0.6) is 0 Å². The molecule has 0 bridgehead atoms. The topological polar surface area (TPSA) is 38.0 Å². The summed E-state index contributed by atoms with van der Waals surface area (Å²) in [5.41, 5.74) is 1.64. The first-order valence-electron chi connectivity index (χ1n) is 6.25. The molecule has 2 heterocycles. The predicted octanol–water partition coefficient (Wildman–Crippen LogP) is 3.86. The SMILES string of the molecule is OC(Cc1ccc(Cl)s1)c1ccn(-c2ccccc2)n1. The zero-order valence-electron chi connectivity index (χ0n) is 10.6. The number of thiophene rings is 1. The molecule has 3 aromatic rings. The molecule has 0 spiro atoms. The molecular formula is C15H13ClN2OS. The molecule has 0 aliphatic rings. The molecule has 1 atom stereocenters. The van der Waals surface area contributed by atoms with E-state index in [4.69, 9.17) is 11.6 Å². The molecule has 3 rings (SSSR count). The van der Waals surface area contributed by atoms with Gasteiger partial charge < -0.3 is 5.11 Å². The molecule has 20 heavy (non-hydrogen) atoms. The summed E-state index contributed by atoms with van der Waals surface area (Å²) >= 11 is 7.38. The molecule has 3 nitrogen and oxygen atoms in total. The van der Waals surface area contributed by atoms with Gasteiger partial charge in [-0.25, -0.2) is 4.68 Å². The Hall–Kier alpha value is -1.62. The fourth-order valence-corrected chi connectivity index (χ4v) is 3.12. The van der Waals surface area contributed by atoms with Crippen molar-refractivity contribution in [2.75, 3.05) is 0 Å². The number of nitrogens with zero attached hydrogens (tertiary/aromatic N) is 2. The minimum Gasteiger partial charge on any atom is -0.386 e. The largest absolute Gasteiger partial charge is 0.386 e. The summed E-state index contributed by atoms with van der Waals surface area (Å²) in [6, 6.07) is 15.4. The number of aromatic nitrogens is 2. The van der Waals surface area contributed by atoms with Crippen molar-refractivity contribution < 1.29 is 5.11 Å². The van der Waals surface area contributed by atoms with Gasteiger partial charge in [0.1, 0.15) is 6.10 Å². The van der Waals surface area contributed by atoms with Gasteiger partial charge in [0.15, 0.2) is 0 Å². The van der Waals surface area contributed by atoms with Gasteiger partial charge in [-0.15, -0.1) is 11.3 Å². The molecule has 1 unspecified atom stereocenters. The van der Waals surface area contributed by atoms with Crippen LogP contribution in [0.15, 0.2) is 54.7 Å².